The molecule has 4 atom stereocenters. The van der Waals surface area contributed by atoms with Crippen LogP contribution in [0.25, 0.3) is 11.3 Å². The largest absolute Gasteiger partial charge is 0.481 e. The Labute approximate surface area is 142 Å². The van der Waals surface area contributed by atoms with Crippen LogP contribution in [0.2, 0.25) is 0 Å². The Morgan fingerprint density at radius 3 is 2.46 bits per heavy atom. The summed E-state index contributed by atoms with van der Waals surface area (Å²) in [6, 6.07) is 7.32. The van der Waals surface area contributed by atoms with Gasteiger partial charge in [-0.15, -0.1) is 5.10 Å². The molecular formula is C17H15N3O3S. The lowest BCUT2D eigenvalue weighted by molar-refractivity contribution is -0.146. The lowest BCUT2D eigenvalue weighted by Crippen LogP contribution is -2.36. The van der Waals surface area contributed by atoms with Gasteiger partial charge < -0.3 is 10.4 Å². The number of amides is 1. The fraction of sp³-hybridized carbons (Fsp3) is 0.294. The summed E-state index contributed by atoms with van der Waals surface area (Å²) in [6.07, 6.45) is 4.67. The minimum absolute atomic E-state index is 0.0245. The summed E-state index contributed by atoms with van der Waals surface area (Å²) in [4.78, 5) is 24.1. The Kier molecular flexibility index (Phi) is 3.65. The van der Waals surface area contributed by atoms with Gasteiger partial charge in [-0.1, -0.05) is 28.8 Å². The van der Waals surface area contributed by atoms with Gasteiger partial charge in [0.1, 0.15) is 5.69 Å². The molecule has 1 heterocycles. The van der Waals surface area contributed by atoms with E-state index in [1.54, 1.807) is 12.1 Å². The first-order chi connectivity index (χ1) is 11.6. The van der Waals surface area contributed by atoms with Crippen LogP contribution in [-0.4, -0.2) is 26.6 Å². The molecule has 0 spiro atoms. The summed E-state index contributed by atoms with van der Waals surface area (Å²) >= 11 is 1.28. The number of fused-ring (bicyclic) bond motifs is 2. The number of nitrogens with zero attached hydrogens (tertiary/aromatic N) is 2. The molecule has 1 fully saturated rings. The fourth-order valence-electron chi connectivity index (χ4n) is 3.76. The molecule has 1 saturated carbocycles. The number of hydrogen-bond donors (Lipinski definition) is 2. The second-order valence-corrected chi connectivity index (χ2v) is 6.80. The molecule has 2 aliphatic rings. The molecule has 0 saturated heterocycles. The maximum Gasteiger partial charge on any atom is 0.307 e. The summed E-state index contributed by atoms with van der Waals surface area (Å²) in [5, 5.41) is 18.2. The second-order valence-electron chi connectivity index (χ2n) is 6.19. The average molecular weight is 341 g/mol. The molecule has 2 bridgehead atoms. The zero-order chi connectivity index (χ0) is 16.7. The van der Waals surface area contributed by atoms with Crippen molar-refractivity contribution in [2.75, 3.05) is 5.32 Å². The zero-order valence-electron chi connectivity index (χ0n) is 12.6. The van der Waals surface area contributed by atoms with Crippen LogP contribution in [0.5, 0.6) is 0 Å². The summed E-state index contributed by atoms with van der Waals surface area (Å²) in [6.45, 7) is 0. The third-order valence-corrected chi connectivity index (χ3v) is 5.36. The van der Waals surface area contributed by atoms with Gasteiger partial charge in [0.2, 0.25) is 5.91 Å². The van der Waals surface area contributed by atoms with Crippen LogP contribution >= 0.6 is 11.5 Å². The molecule has 0 unspecified atom stereocenters. The number of aliphatic carboxylic acids is 1. The Balaban J connectivity index is 1.50. The van der Waals surface area contributed by atoms with Crippen LogP contribution in [-0.2, 0) is 9.59 Å². The van der Waals surface area contributed by atoms with Gasteiger partial charge in [0.15, 0.2) is 0 Å². The van der Waals surface area contributed by atoms with Crippen molar-refractivity contribution in [3.8, 4) is 11.3 Å². The molecule has 0 radical (unpaired) electrons. The van der Waals surface area contributed by atoms with E-state index in [9.17, 15) is 14.7 Å². The van der Waals surface area contributed by atoms with Crippen molar-refractivity contribution in [1.82, 2.24) is 9.59 Å². The predicted molar refractivity (Wildman–Crippen MR) is 89.3 cm³/mol. The molecule has 24 heavy (non-hydrogen) atoms. The van der Waals surface area contributed by atoms with E-state index in [-0.39, 0.29) is 17.7 Å². The van der Waals surface area contributed by atoms with Crippen LogP contribution in [0, 0.1) is 23.7 Å². The summed E-state index contributed by atoms with van der Waals surface area (Å²) < 4.78 is 3.83. The Morgan fingerprint density at radius 1 is 1.12 bits per heavy atom. The van der Waals surface area contributed by atoms with E-state index in [1.807, 2.05) is 29.7 Å². The number of aromatic nitrogens is 2. The van der Waals surface area contributed by atoms with E-state index in [1.165, 1.54) is 11.5 Å². The van der Waals surface area contributed by atoms with E-state index in [2.05, 4.69) is 14.9 Å². The highest BCUT2D eigenvalue weighted by Crippen LogP contribution is 2.48. The van der Waals surface area contributed by atoms with Crippen molar-refractivity contribution in [2.45, 2.75) is 6.42 Å². The number of allylic oxidation sites excluding steroid dienone is 2. The molecule has 1 aromatic heterocycles. The first-order valence-electron chi connectivity index (χ1n) is 7.73. The van der Waals surface area contributed by atoms with Crippen LogP contribution in [0.3, 0.4) is 0 Å². The Bertz CT molecular complexity index is 801. The van der Waals surface area contributed by atoms with Crippen LogP contribution < -0.4 is 5.32 Å². The quantitative estimate of drug-likeness (QED) is 0.834. The van der Waals surface area contributed by atoms with Crippen LogP contribution in [0.1, 0.15) is 6.42 Å². The Morgan fingerprint density at radius 2 is 1.83 bits per heavy atom. The van der Waals surface area contributed by atoms with E-state index < -0.39 is 17.8 Å². The van der Waals surface area contributed by atoms with Gasteiger partial charge in [0.25, 0.3) is 0 Å². The van der Waals surface area contributed by atoms with Crippen molar-refractivity contribution in [3.63, 3.8) is 0 Å². The third kappa shape index (κ3) is 2.50. The molecular weight excluding hydrogens is 326 g/mol. The molecule has 2 aromatic rings. The molecule has 2 N–H and O–H groups in total. The minimum Gasteiger partial charge on any atom is -0.481 e. The van der Waals surface area contributed by atoms with Gasteiger partial charge >= 0.3 is 5.97 Å². The minimum atomic E-state index is -0.890. The second kappa shape index (κ2) is 5.83. The van der Waals surface area contributed by atoms with E-state index >= 15 is 0 Å². The maximum atomic E-state index is 12.6. The number of nitrogens with one attached hydrogen (secondary N) is 1. The molecule has 1 aromatic carbocycles. The van der Waals surface area contributed by atoms with Gasteiger partial charge in [-0.3, -0.25) is 9.59 Å². The topological polar surface area (TPSA) is 92.2 Å². The molecule has 122 valence electrons. The van der Waals surface area contributed by atoms with Gasteiger partial charge in [0, 0.05) is 16.6 Å². The van der Waals surface area contributed by atoms with Crippen LogP contribution in [0.15, 0.2) is 41.8 Å². The molecule has 6 nitrogen and oxygen atoms in total. The van der Waals surface area contributed by atoms with Gasteiger partial charge in [-0.2, -0.15) is 0 Å². The van der Waals surface area contributed by atoms with Gasteiger partial charge in [0.05, 0.1) is 11.8 Å². The SMILES string of the molecule is O=C(O)[C@@H]1[C@@H](C(=O)Nc2ccc(-c3csnn3)cc2)[C@H]2C=C[C@@H]1C2. The lowest BCUT2D eigenvalue weighted by atomic mass is 9.82. The Hall–Kier alpha value is -2.54. The standard InChI is InChI=1S/C17H15N3O3S/c21-16(14-10-1-2-11(7-10)15(14)17(22)23)18-12-5-3-9(4-6-12)13-8-24-20-19-13/h1-6,8,10-11,14-15H,7H2,(H,18,21)(H,22,23)/t10-,11+,14-,15-/m0/s1. The first kappa shape index (κ1) is 15.0. The number of carboxylic acid groups (broad SMARTS) is 1. The lowest BCUT2D eigenvalue weighted by Gasteiger charge is -2.23. The molecule has 7 heteroatoms. The fourth-order valence-corrected chi connectivity index (χ4v) is 4.22. The molecule has 2 aliphatic carbocycles. The number of carbonyl (C=O) groups excluding carboxylic acids is 1. The van der Waals surface area contributed by atoms with Gasteiger partial charge in [-0.05, 0) is 41.9 Å². The normalized spacial score (nSPS) is 27.3. The smallest absolute Gasteiger partial charge is 0.307 e. The predicted octanol–water partition coefficient (Wildman–Crippen LogP) is 2.67. The van der Waals surface area contributed by atoms with Crippen LogP contribution in [0.4, 0.5) is 5.69 Å². The number of anilines is 1. The van der Waals surface area contributed by atoms with Crippen molar-refractivity contribution in [2.24, 2.45) is 23.7 Å². The van der Waals surface area contributed by atoms with Crippen molar-refractivity contribution in [3.05, 3.63) is 41.8 Å². The van der Waals surface area contributed by atoms with E-state index in [0.29, 0.717) is 5.69 Å². The molecule has 0 aliphatic heterocycles. The maximum absolute atomic E-state index is 12.6. The highest BCUT2D eigenvalue weighted by atomic mass is 32.1. The highest BCUT2D eigenvalue weighted by Gasteiger charge is 2.51. The first-order valence-corrected chi connectivity index (χ1v) is 8.56. The third-order valence-electron chi connectivity index (χ3n) is 4.86. The number of benzene rings is 1. The number of rotatable bonds is 4. The monoisotopic (exact) mass is 341 g/mol. The summed E-state index contributed by atoms with van der Waals surface area (Å²) in [5.74, 6) is -2.24. The number of hydrogen-bond acceptors (Lipinski definition) is 5. The highest BCUT2D eigenvalue weighted by molar-refractivity contribution is 7.03. The number of carbonyl (C=O) groups is 2. The van der Waals surface area contributed by atoms with Crippen molar-refractivity contribution < 1.29 is 14.7 Å². The van der Waals surface area contributed by atoms with Gasteiger partial charge in [-0.25, -0.2) is 0 Å². The van der Waals surface area contributed by atoms with Crippen molar-refractivity contribution >= 4 is 29.1 Å². The van der Waals surface area contributed by atoms with E-state index in [0.717, 1.165) is 17.7 Å². The molecule has 4 rings (SSSR count). The van der Waals surface area contributed by atoms with E-state index in [4.69, 9.17) is 0 Å². The number of carboxylic acids is 1. The summed E-state index contributed by atoms with van der Waals surface area (Å²) in [7, 11) is 0. The average Bonchev–Trinajstić information content (AvgIpc) is 3.31. The molecule has 1 amide bonds. The zero-order valence-corrected chi connectivity index (χ0v) is 13.4. The van der Waals surface area contributed by atoms with Crippen molar-refractivity contribution in [1.29, 1.82) is 0 Å². The summed E-state index contributed by atoms with van der Waals surface area (Å²) in [5.41, 5.74) is 2.37.